The number of esters is 1. The van der Waals surface area contributed by atoms with Gasteiger partial charge >= 0.3 is 5.97 Å². The SMILES string of the molecule is O=C1OC(c2ccc3c(c2)OCO3)=N/C1=C/C1=Cc2cc(Cl)ccc2OC1. The lowest BCUT2D eigenvalue weighted by Gasteiger charge is -2.16. The first-order valence-electron chi connectivity index (χ1n) is 8.21. The smallest absolute Gasteiger partial charge is 0.363 e. The molecule has 0 N–H and O–H groups in total. The van der Waals surface area contributed by atoms with E-state index in [4.69, 9.17) is 30.5 Å². The monoisotopic (exact) mass is 381 g/mol. The fourth-order valence-corrected chi connectivity index (χ4v) is 3.17. The summed E-state index contributed by atoms with van der Waals surface area (Å²) in [6.45, 7) is 0.510. The number of fused-ring (bicyclic) bond motifs is 2. The molecule has 0 unspecified atom stereocenters. The molecule has 5 rings (SSSR count). The molecule has 0 saturated carbocycles. The van der Waals surface area contributed by atoms with Gasteiger partial charge in [0, 0.05) is 16.1 Å². The fourth-order valence-electron chi connectivity index (χ4n) is 2.99. The second-order valence-electron chi connectivity index (χ2n) is 6.09. The van der Waals surface area contributed by atoms with Crippen molar-refractivity contribution in [2.24, 2.45) is 4.99 Å². The highest BCUT2D eigenvalue weighted by atomic mass is 35.5. The minimum absolute atomic E-state index is 0.176. The molecular formula is C20H12ClNO5. The number of carbonyl (C=O) groups is 1. The molecular weight excluding hydrogens is 370 g/mol. The van der Waals surface area contributed by atoms with Crippen molar-refractivity contribution < 1.29 is 23.7 Å². The largest absolute Gasteiger partial charge is 0.488 e. The van der Waals surface area contributed by atoms with Crippen LogP contribution in [0.3, 0.4) is 0 Å². The number of aliphatic imine (C=N–C) groups is 1. The Labute approximate surface area is 159 Å². The third-order valence-corrected chi connectivity index (χ3v) is 4.50. The first-order valence-corrected chi connectivity index (χ1v) is 8.59. The van der Waals surface area contributed by atoms with Crippen LogP contribution in [0.1, 0.15) is 11.1 Å². The average molecular weight is 382 g/mol. The van der Waals surface area contributed by atoms with Crippen LogP contribution in [0.15, 0.2) is 58.7 Å². The highest BCUT2D eigenvalue weighted by molar-refractivity contribution is 6.30. The molecule has 6 nitrogen and oxygen atoms in total. The maximum atomic E-state index is 12.2. The Morgan fingerprint density at radius 3 is 2.78 bits per heavy atom. The molecule has 0 spiro atoms. The van der Waals surface area contributed by atoms with E-state index in [1.807, 2.05) is 18.2 Å². The summed E-state index contributed by atoms with van der Waals surface area (Å²) in [4.78, 5) is 16.5. The minimum Gasteiger partial charge on any atom is -0.488 e. The first kappa shape index (κ1) is 16.0. The quantitative estimate of drug-likeness (QED) is 0.585. The van der Waals surface area contributed by atoms with Crippen molar-refractivity contribution in [1.29, 1.82) is 0 Å². The van der Waals surface area contributed by atoms with Crippen LogP contribution in [0.25, 0.3) is 6.08 Å². The van der Waals surface area contributed by atoms with E-state index in [1.54, 1.807) is 30.3 Å². The molecule has 0 radical (unpaired) electrons. The Kier molecular flexibility index (Phi) is 3.65. The number of hydrogen-bond acceptors (Lipinski definition) is 6. The van der Waals surface area contributed by atoms with Gasteiger partial charge in [0.1, 0.15) is 12.4 Å². The van der Waals surface area contributed by atoms with E-state index in [9.17, 15) is 4.79 Å². The van der Waals surface area contributed by atoms with E-state index in [-0.39, 0.29) is 18.4 Å². The first-order chi connectivity index (χ1) is 13.2. The van der Waals surface area contributed by atoms with E-state index in [0.29, 0.717) is 28.7 Å². The van der Waals surface area contributed by atoms with Gasteiger partial charge in [0.15, 0.2) is 17.2 Å². The van der Waals surface area contributed by atoms with Gasteiger partial charge in [-0.3, -0.25) is 0 Å². The summed E-state index contributed by atoms with van der Waals surface area (Å²) in [5.74, 6) is 1.72. The summed E-state index contributed by atoms with van der Waals surface area (Å²) < 4.78 is 21.6. The van der Waals surface area contributed by atoms with Crippen LogP contribution in [-0.4, -0.2) is 25.3 Å². The van der Waals surface area contributed by atoms with Gasteiger partial charge in [-0.15, -0.1) is 0 Å². The second kappa shape index (κ2) is 6.17. The van der Waals surface area contributed by atoms with Crippen LogP contribution in [0, 0.1) is 0 Å². The lowest BCUT2D eigenvalue weighted by Crippen LogP contribution is -2.08. The average Bonchev–Trinajstić information content (AvgIpc) is 3.27. The summed E-state index contributed by atoms with van der Waals surface area (Å²) in [5.41, 5.74) is 2.50. The zero-order chi connectivity index (χ0) is 18.4. The van der Waals surface area contributed by atoms with E-state index in [2.05, 4.69) is 4.99 Å². The molecule has 3 heterocycles. The molecule has 134 valence electrons. The molecule has 7 heteroatoms. The highest BCUT2D eigenvalue weighted by Crippen LogP contribution is 2.34. The van der Waals surface area contributed by atoms with Crippen LogP contribution >= 0.6 is 11.6 Å². The summed E-state index contributed by atoms with van der Waals surface area (Å²) in [6, 6.07) is 10.7. The lowest BCUT2D eigenvalue weighted by atomic mass is 10.1. The maximum Gasteiger partial charge on any atom is 0.363 e. The molecule has 27 heavy (non-hydrogen) atoms. The van der Waals surface area contributed by atoms with Gasteiger partial charge in [-0.05, 0) is 54.1 Å². The molecule has 0 atom stereocenters. The van der Waals surface area contributed by atoms with Crippen molar-refractivity contribution >= 4 is 29.5 Å². The van der Waals surface area contributed by atoms with Crippen molar-refractivity contribution in [1.82, 2.24) is 0 Å². The van der Waals surface area contributed by atoms with Gasteiger partial charge in [0.2, 0.25) is 12.7 Å². The van der Waals surface area contributed by atoms with Crippen LogP contribution in [0.2, 0.25) is 5.02 Å². The number of hydrogen-bond donors (Lipinski definition) is 0. The van der Waals surface area contributed by atoms with Gasteiger partial charge in [0.25, 0.3) is 0 Å². The summed E-state index contributed by atoms with van der Waals surface area (Å²) in [7, 11) is 0. The Hall–Kier alpha value is -3.25. The van der Waals surface area contributed by atoms with Gasteiger partial charge in [-0.1, -0.05) is 11.6 Å². The van der Waals surface area contributed by atoms with E-state index >= 15 is 0 Å². The summed E-state index contributed by atoms with van der Waals surface area (Å²) in [6.07, 6.45) is 3.57. The number of cyclic esters (lactones) is 1. The Morgan fingerprint density at radius 2 is 1.85 bits per heavy atom. The standard InChI is InChI=1S/C20H12ClNO5/c21-14-2-4-16-13(7-14)5-11(9-24-16)6-15-20(23)27-19(22-15)12-1-3-17-18(8-12)26-10-25-17/h1-8H,9-10H2/b15-6+. The molecule has 0 amide bonds. The fraction of sp³-hybridized carbons (Fsp3) is 0.100. The molecule has 3 aliphatic heterocycles. The molecule has 2 aromatic carbocycles. The Morgan fingerprint density at radius 1 is 1.00 bits per heavy atom. The molecule has 0 bridgehead atoms. The van der Waals surface area contributed by atoms with E-state index < -0.39 is 5.97 Å². The second-order valence-corrected chi connectivity index (χ2v) is 6.53. The predicted molar refractivity (Wildman–Crippen MR) is 98.2 cm³/mol. The Balaban J connectivity index is 1.46. The zero-order valence-corrected chi connectivity index (χ0v) is 14.7. The molecule has 0 fully saturated rings. The summed E-state index contributed by atoms with van der Waals surface area (Å²) >= 11 is 6.03. The molecule has 0 aliphatic carbocycles. The predicted octanol–water partition coefficient (Wildman–Crippen LogP) is 3.73. The van der Waals surface area contributed by atoms with E-state index in [1.165, 1.54) is 0 Å². The van der Waals surface area contributed by atoms with Crippen molar-refractivity contribution in [3.8, 4) is 17.2 Å². The summed E-state index contributed by atoms with van der Waals surface area (Å²) in [5, 5.41) is 0.617. The normalized spacial score (nSPS) is 18.6. The van der Waals surface area contributed by atoms with Gasteiger partial charge < -0.3 is 18.9 Å². The topological polar surface area (TPSA) is 66.4 Å². The van der Waals surface area contributed by atoms with Crippen molar-refractivity contribution in [3.63, 3.8) is 0 Å². The van der Waals surface area contributed by atoms with Crippen LogP contribution < -0.4 is 14.2 Å². The molecule has 3 aliphatic rings. The number of nitrogens with zero attached hydrogens (tertiary/aromatic N) is 1. The number of ether oxygens (including phenoxy) is 4. The zero-order valence-electron chi connectivity index (χ0n) is 13.9. The van der Waals surface area contributed by atoms with Crippen LogP contribution in [-0.2, 0) is 9.53 Å². The third kappa shape index (κ3) is 2.94. The van der Waals surface area contributed by atoms with Gasteiger partial charge in [0.05, 0.1) is 0 Å². The molecule has 0 aromatic heterocycles. The third-order valence-electron chi connectivity index (χ3n) is 4.27. The minimum atomic E-state index is -0.513. The number of halogens is 1. The van der Waals surface area contributed by atoms with Crippen LogP contribution in [0.5, 0.6) is 17.2 Å². The number of benzene rings is 2. The number of rotatable bonds is 2. The molecule has 0 saturated heterocycles. The van der Waals surface area contributed by atoms with Crippen molar-refractivity contribution in [2.45, 2.75) is 0 Å². The molecule has 2 aromatic rings. The van der Waals surface area contributed by atoms with Gasteiger partial charge in [-0.25, -0.2) is 9.79 Å². The van der Waals surface area contributed by atoms with Crippen LogP contribution in [0.4, 0.5) is 0 Å². The Bertz CT molecular complexity index is 1070. The van der Waals surface area contributed by atoms with Crippen molar-refractivity contribution in [3.05, 3.63) is 69.9 Å². The maximum absolute atomic E-state index is 12.2. The lowest BCUT2D eigenvalue weighted by molar-refractivity contribution is -0.130. The van der Waals surface area contributed by atoms with Gasteiger partial charge in [-0.2, -0.15) is 0 Å². The highest BCUT2D eigenvalue weighted by Gasteiger charge is 2.26. The number of carbonyl (C=O) groups excluding carboxylic acids is 1. The van der Waals surface area contributed by atoms with Crippen molar-refractivity contribution in [2.75, 3.05) is 13.4 Å². The van der Waals surface area contributed by atoms with E-state index in [0.717, 1.165) is 16.9 Å².